The summed E-state index contributed by atoms with van der Waals surface area (Å²) < 4.78 is 18.8. The molecule has 12 heteroatoms. The number of thiazole rings is 1. The normalized spacial score (nSPS) is 16.3. The molecular formula is C29H33N7O4S. The van der Waals surface area contributed by atoms with Crippen molar-refractivity contribution in [3.8, 4) is 17.1 Å². The minimum Gasteiger partial charge on any atom is -0.476 e. The lowest BCUT2D eigenvalue weighted by Gasteiger charge is -2.32. The Balaban J connectivity index is 1.08. The van der Waals surface area contributed by atoms with Gasteiger partial charge in [0, 0.05) is 54.1 Å². The van der Waals surface area contributed by atoms with Crippen molar-refractivity contribution in [2.75, 3.05) is 43.5 Å². The highest BCUT2D eigenvalue weighted by Crippen LogP contribution is 2.30. The Morgan fingerprint density at radius 3 is 2.73 bits per heavy atom. The number of anilines is 2. The third kappa shape index (κ3) is 6.04. The van der Waals surface area contributed by atoms with Gasteiger partial charge in [0.05, 0.1) is 24.4 Å². The van der Waals surface area contributed by atoms with Gasteiger partial charge < -0.3 is 19.3 Å². The number of amides is 2. The number of imidazole rings is 1. The topological polar surface area (TPSA) is 119 Å². The SMILES string of the molecule is C[C@@H]1COCCN1CCOc1ccc2c(n1)sc1nc(-c3ccc(NC(=O)Nc4cc(C(C)(C)C)on4)cc3)cn12. The van der Waals surface area contributed by atoms with Crippen LogP contribution in [0.5, 0.6) is 5.88 Å². The number of carbonyl (C=O) groups is 1. The van der Waals surface area contributed by atoms with Crippen molar-refractivity contribution in [2.45, 2.75) is 39.2 Å². The summed E-state index contributed by atoms with van der Waals surface area (Å²) in [6, 6.07) is 13.2. The van der Waals surface area contributed by atoms with Crippen LogP contribution in [0.3, 0.4) is 0 Å². The molecule has 2 amide bonds. The van der Waals surface area contributed by atoms with Crippen molar-refractivity contribution in [3.63, 3.8) is 0 Å². The lowest BCUT2D eigenvalue weighted by atomic mass is 9.93. The number of nitrogens with one attached hydrogen (secondary N) is 2. The van der Waals surface area contributed by atoms with Gasteiger partial charge in [-0.1, -0.05) is 49.4 Å². The molecule has 1 aromatic carbocycles. The third-order valence-corrected chi connectivity index (χ3v) is 7.96. The number of hydrogen-bond acceptors (Lipinski definition) is 9. The molecule has 0 unspecified atom stereocenters. The fourth-order valence-electron chi connectivity index (χ4n) is 4.64. The molecule has 1 atom stereocenters. The zero-order valence-corrected chi connectivity index (χ0v) is 24.3. The van der Waals surface area contributed by atoms with E-state index in [1.165, 1.54) is 11.3 Å². The van der Waals surface area contributed by atoms with Crippen LogP contribution in [-0.4, -0.2) is 69.4 Å². The second-order valence-electron chi connectivity index (χ2n) is 11.1. The number of aromatic nitrogens is 4. The Morgan fingerprint density at radius 1 is 1.15 bits per heavy atom. The summed E-state index contributed by atoms with van der Waals surface area (Å²) in [6.45, 7) is 12.1. The van der Waals surface area contributed by atoms with Crippen molar-refractivity contribution in [1.29, 1.82) is 0 Å². The van der Waals surface area contributed by atoms with Crippen LogP contribution in [-0.2, 0) is 10.2 Å². The molecule has 4 aromatic heterocycles. The maximum atomic E-state index is 12.4. The number of hydrogen-bond donors (Lipinski definition) is 2. The van der Waals surface area contributed by atoms with E-state index in [0.29, 0.717) is 35.8 Å². The summed E-state index contributed by atoms with van der Waals surface area (Å²) in [7, 11) is 0. The summed E-state index contributed by atoms with van der Waals surface area (Å²) in [6.07, 6.45) is 2.00. The zero-order chi connectivity index (χ0) is 28.6. The molecule has 1 fully saturated rings. The maximum absolute atomic E-state index is 12.4. The lowest BCUT2D eigenvalue weighted by Crippen LogP contribution is -2.45. The monoisotopic (exact) mass is 575 g/mol. The van der Waals surface area contributed by atoms with Crippen LogP contribution in [0.1, 0.15) is 33.5 Å². The van der Waals surface area contributed by atoms with E-state index in [1.54, 1.807) is 6.07 Å². The molecule has 0 aliphatic carbocycles. The Kier molecular flexibility index (Phi) is 7.37. The van der Waals surface area contributed by atoms with Gasteiger partial charge in [-0.15, -0.1) is 0 Å². The van der Waals surface area contributed by atoms with Crippen LogP contribution in [0.2, 0.25) is 0 Å². The zero-order valence-electron chi connectivity index (χ0n) is 23.5. The van der Waals surface area contributed by atoms with Crippen LogP contribution in [0, 0.1) is 0 Å². The van der Waals surface area contributed by atoms with Gasteiger partial charge in [-0.2, -0.15) is 0 Å². The van der Waals surface area contributed by atoms with Crippen LogP contribution >= 0.6 is 11.3 Å². The van der Waals surface area contributed by atoms with Crippen molar-refractivity contribution in [1.82, 2.24) is 24.4 Å². The van der Waals surface area contributed by atoms with E-state index in [-0.39, 0.29) is 5.41 Å². The molecule has 1 aliphatic rings. The molecule has 5 aromatic rings. The molecule has 1 aliphatic heterocycles. The molecular weight excluding hydrogens is 542 g/mol. The van der Waals surface area contributed by atoms with E-state index in [1.807, 2.05) is 67.8 Å². The summed E-state index contributed by atoms with van der Waals surface area (Å²) >= 11 is 1.52. The molecule has 0 radical (unpaired) electrons. The fraction of sp³-hybridized carbons (Fsp3) is 0.379. The Hall–Kier alpha value is -4.00. The van der Waals surface area contributed by atoms with Crippen LogP contribution in [0.4, 0.5) is 16.3 Å². The van der Waals surface area contributed by atoms with Crippen LogP contribution in [0.25, 0.3) is 26.6 Å². The molecule has 0 bridgehead atoms. The van der Waals surface area contributed by atoms with E-state index in [2.05, 4.69) is 27.6 Å². The summed E-state index contributed by atoms with van der Waals surface area (Å²) in [5.41, 5.74) is 3.22. The van der Waals surface area contributed by atoms with Gasteiger partial charge in [0.15, 0.2) is 10.8 Å². The first-order valence-corrected chi connectivity index (χ1v) is 14.4. The van der Waals surface area contributed by atoms with Gasteiger partial charge in [0.1, 0.15) is 17.2 Å². The second-order valence-corrected chi connectivity index (χ2v) is 12.1. The fourth-order valence-corrected chi connectivity index (χ4v) is 5.61. The first-order chi connectivity index (χ1) is 19.7. The van der Waals surface area contributed by atoms with E-state index < -0.39 is 6.03 Å². The van der Waals surface area contributed by atoms with Gasteiger partial charge in [-0.25, -0.2) is 14.8 Å². The average Bonchev–Trinajstić information content (AvgIpc) is 3.65. The molecule has 0 spiro atoms. The van der Waals surface area contributed by atoms with Gasteiger partial charge in [-0.05, 0) is 25.1 Å². The number of benzene rings is 1. The Bertz CT molecular complexity index is 1670. The van der Waals surface area contributed by atoms with Gasteiger partial charge in [0.25, 0.3) is 0 Å². The van der Waals surface area contributed by atoms with E-state index in [0.717, 1.165) is 52.9 Å². The highest BCUT2D eigenvalue weighted by atomic mass is 32.1. The number of nitrogens with zero attached hydrogens (tertiary/aromatic N) is 5. The molecule has 1 saturated heterocycles. The predicted octanol–water partition coefficient (Wildman–Crippen LogP) is 5.64. The summed E-state index contributed by atoms with van der Waals surface area (Å²) in [5, 5.41) is 9.44. The standard InChI is InChI=1S/C29H33N7O4S/c1-18-17-38-13-11-35(18)12-14-39-25-10-9-22-26(33-25)41-28-31-21(16-36(22)28)19-5-7-20(8-6-19)30-27(37)32-24-15-23(40-34-24)29(2,3)4/h5-10,15-16,18H,11-14,17H2,1-4H3,(H2,30,32,34,37)/t18-/m1/s1. The van der Waals surface area contributed by atoms with Crippen LogP contribution in [0.15, 0.2) is 53.2 Å². The number of morpholine rings is 1. The van der Waals surface area contributed by atoms with Crippen molar-refractivity contribution in [2.24, 2.45) is 0 Å². The minimum atomic E-state index is -0.396. The van der Waals surface area contributed by atoms with Crippen LogP contribution < -0.4 is 15.4 Å². The smallest absolute Gasteiger partial charge is 0.324 e. The number of fused-ring (bicyclic) bond motifs is 3. The van der Waals surface area contributed by atoms with E-state index in [4.69, 9.17) is 24.0 Å². The van der Waals surface area contributed by atoms with Crippen molar-refractivity contribution in [3.05, 3.63) is 54.4 Å². The maximum Gasteiger partial charge on any atom is 0.324 e. The quantitative estimate of drug-likeness (QED) is 0.256. The number of pyridine rings is 1. The van der Waals surface area contributed by atoms with E-state index >= 15 is 0 Å². The van der Waals surface area contributed by atoms with Crippen molar-refractivity contribution < 1.29 is 18.8 Å². The predicted molar refractivity (Wildman–Crippen MR) is 159 cm³/mol. The molecule has 6 rings (SSSR count). The third-order valence-electron chi connectivity index (χ3n) is 7.00. The first-order valence-electron chi connectivity index (χ1n) is 13.6. The largest absolute Gasteiger partial charge is 0.476 e. The van der Waals surface area contributed by atoms with E-state index in [9.17, 15) is 4.79 Å². The molecule has 5 heterocycles. The summed E-state index contributed by atoms with van der Waals surface area (Å²) in [5.74, 6) is 1.68. The summed E-state index contributed by atoms with van der Waals surface area (Å²) in [4.78, 5) is 26.1. The number of carbonyl (C=O) groups excluding carboxylic acids is 1. The molecule has 214 valence electrons. The highest BCUT2D eigenvalue weighted by molar-refractivity contribution is 7.23. The second kappa shape index (κ2) is 11.1. The van der Waals surface area contributed by atoms with Gasteiger partial charge >= 0.3 is 6.03 Å². The molecule has 11 nitrogen and oxygen atoms in total. The highest BCUT2D eigenvalue weighted by Gasteiger charge is 2.21. The Labute approximate surface area is 241 Å². The molecule has 41 heavy (non-hydrogen) atoms. The number of ether oxygens (including phenoxy) is 2. The minimum absolute atomic E-state index is 0.191. The van der Waals surface area contributed by atoms with Crippen molar-refractivity contribution >= 4 is 44.2 Å². The lowest BCUT2D eigenvalue weighted by molar-refractivity contribution is -0.00532. The number of urea groups is 1. The average molecular weight is 576 g/mol. The molecule has 2 N–H and O–H groups in total. The number of rotatable bonds is 7. The van der Waals surface area contributed by atoms with Gasteiger partial charge in [0.2, 0.25) is 5.88 Å². The first kappa shape index (κ1) is 27.2. The van der Waals surface area contributed by atoms with Gasteiger partial charge in [-0.3, -0.25) is 14.6 Å². The Morgan fingerprint density at radius 2 is 1.98 bits per heavy atom. The molecule has 0 saturated carbocycles.